The predicted octanol–water partition coefficient (Wildman–Crippen LogP) is 1.10. The Bertz CT molecular complexity index is 311. The second-order valence-electron chi connectivity index (χ2n) is 2.44. The van der Waals surface area contributed by atoms with Crippen LogP contribution in [0.1, 0.15) is 0 Å². The van der Waals surface area contributed by atoms with E-state index in [1.807, 2.05) is 0 Å². The van der Waals surface area contributed by atoms with Crippen LogP contribution in [-0.4, -0.2) is 38.0 Å². The van der Waals surface area contributed by atoms with Crippen LogP contribution in [0.15, 0.2) is 6.07 Å². The second kappa shape index (κ2) is 6.39. The van der Waals surface area contributed by atoms with Crippen LogP contribution >= 0.6 is 11.6 Å². The van der Waals surface area contributed by atoms with Crippen molar-refractivity contribution in [2.45, 2.75) is 0 Å². The van der Waals surface area contributed by atoms with E-state index >= 15 is 0 Å². The van der Waals surface area contributed by atoms with Gasteiger partial charge in [-0.05, 0) is 0 Å². The number of aromatic nitrogens is 2. The van der Waals surface area contributed by atoms with E-state index in [2.05, 4.69) is 10.2 Å². The minimum Gasteiger partial charge on any atom is -0.462 e. The zero-order valence-electron chi connectivity index (χ0n) is 8.40. The number of rotatable bonds is 6. The van der Waals surface area contributed by atoms with Gasteiger partial charge in [-0.15, -0.1) is 10.2 Å². The average molecular weight is 235 g/mol. The summed E-state index contributed by atoms with van der Waals surface area (Å²) in [6.07, 6.45) is 0. The third kappa shape index (κ3) is 3.86. The van der Waals surface area contributed by atoms with Crippen LogP contribution in [0.2, 0.25) is 5.15 Å². The third-order valence-electron chi connectivity index (χ3n) is 1.34. The van der Waals surface area contributed by atoms with Crippen LogP contribution in [-0.2, 0) is 9.47 Å². The molecular weight excluding hydrogens is 224 g/mol. The van der Waals surface area contributed by atoms with Gasteiger partial charge in [0.05, 0.1) is 0 Å². The molecule has 0 radical (unpaired) electrons. The van der Waals surface area contributed by atoms with Crippen molar-refractivity contribution in [1.82, 2.24) is 10.2 Å². The summed E-state index contributed by atoms with van der Waals surface area (Å²) < 4.78 is 19.7. The van der Waals surface area contributed by atoms with Crippen molar-refractivity contribution in [3.63, 3.8) is 0 Å². The molecule has 84 valence electrons. The zero-order valence-corrected chi connectivity index (χ0v) is 9.15. The number of hydrogen-bond acceptors (Lipinski definition) is 6. The normalized spacial score (nSPS) is 10.1. The highest BCUT2D eigenvalue weighted by Gasteiger charge is 2.09. The number of nitrogens with zero attached hydrogens (tertiary/aromatic N) is 2. The molecule has 0 amide bonds. The largest absolute Gasteiger partial charge is 0.462 e. The Morgan fingerprint density at radius 1 is 1.13 bits per heavy atom. The quantitative estimate of drug-likeness (QED) is 0.687. The van der Waals surface area contributed by atoms with E-state index in [1.165, 1.54) is 20.3 Å². The number of ether oxygens (including phenoxy) is 4. The summed E-state index contributed by atoms with van der Waals surface area (Å²) in [6.45, 7) is 0.130. The van der Waals surface area contributed by atoms with Gasteiger partial charge in [-0.1, -0.05) is 11.6 Å². The van der Waals surface area contributed by atoms with E-state index in [9.17, 15) is 0 Å². The lowest BCUT2D eigenvalue weighted by Gasteiger charge is -2.09. The fourth-order valence-corrected chi connectivity index (χ4v) is 0.919. The summed E-state index contributed by atoms with van der Waals surface area (Å²) in [6, 6.07) is 1.48. The average Bonchev–Trinajstić information content (AvgIpc) is 2.25. The smallest absolute Gasteiger partial charge is 0.278 e. The van der Waals surface area contributed by atoms with Crippen LogP contribution < -0.4 is 9.47 Å². The van der Waals surface area contributed by atoms with Crippen molar-refractivity contribution in [3.05, 3.63) is 11.2 Å². The van der Waals surface area contributed by atoms with Gasteiger partial charge < -0.3 is 18.9 Å². The van der Waals surface area contributed by atoms with Gasteiger partial charge in [0.1, 0.15) is 0 Å². The second-order valence-corrected chi connectivity index (χ2v) is 2.83. The van der Waals surface area contributed by atoms with E-state index in [0.29, 0.717) is 5.75 Å². The standard InChI is InChI=1S/C8H11ClN2O4/c1-12-4-14-6-3-7(9)10-11-8(6)15-5-13-2/h3H,4-5H2,1-2H3. The molecule has 15 heavy (non-hydrogen) atoms. The molecule has 0 aliphatic rings. The van der Waals surface area contributed by atoms with E-state index in [4.69, 9.17) is 30.5 Å². The summed E-state index contributed by atoms with van der Waals surface area (Å²) in [7, 11) is 3.00. The minimum atomic E-state index is 0.0552. The van der Waals surface area contributed by atoms with E-state index in [0.717, 1.165) is 0 Å². The minimum absolute atomic E-state index is 0.0552. The van der Waals surface area contributed by atoms with E-state index in [1.54, 1.807) is 0 Å². The van der Waals surface area contributed by atoms with Crippen LogP contribution in [0.25, 0.3) is 0 Å². The van der Waals surface area contributed by atoms with Crippen molar-refractivity contribution in [2.24, 2.45) is 0 Å². The van der Waals surface area contributed by atoms with E-state index < -0.39 is 0 Å². The summed E-state index contributed by atoms with van der Waals surface area (Å²) in [5, 5.41) is 7.53. The maximum absolute atomic E-state index is 5.65. The molecule has 0 saturated heterocycles. The molecule has 0 unspecified atom stereocenters. The Labute approximate surface area is 92.1 Å². The van der Waals surface area contributed by atoms with Crippen LogP contribution in [0.4, 0.5) is 0 Å². The zero-order chi connectivity index (χ0) is 11.1. The lowest BCUT2D eigenvalue weighted by atomic mass is 10.5. The van der Waals surface area contributed by atoms with Gasteiger partial charge >= 0.3 is 0 Å². The molecule has 7 heteroatoms. The molecule has 0 aliphatic heterocycles. The van der Waals surface area contributed by atoms with Crippen molar-refractivity contribution >= 4 is 11.6 Å². The monoisotopic (exact) mass is 234 g/mol. The van der Waals surface area contributed by atoms with Crippen LogP contribution in [0, 0.1) is 0 Å². The Kier molecular flexibility index (Phi) is 5.09. The highest BCUT2D eigenvalue weighted by atomic mass is 35.5. The molecule has 1 heterocycles. The molecule has 0 saturated carbocycles. The van der Waals surface area contributed by atoms with Crippen molar-refractivity contribution < 1.29 is 18.9 Å². The lowest BCUT2D eigenvalue weighted by molar-refractivity contribution is 0.0288. The summed E-state index contributed by atoms with van der Waals surface area (Å²) in [5.74, 6) is 0.562. The Morgan fingerprint density at radius 3 is 2.47 bits per heavy atom. The number of methoxy groups -OCH3 is 2. The van der Waals surface area contributed by atoms with Gasteiger partial charge in [0.15, 0.2) is 24.5 Å². The summed E-state index contributed by atoms with van der Waals surface area (Å²) >= 11 is 5.65. The fraction of sp³-hybridized carbons (Fsp3) is 0.500. The van der Waals surface area contributed by atoms with Crippen molar-refractivity contribution in [2.75, 3.05) is 27.8 Å². The number of halogens is 1. The van der Waals surface area contributed by atoms with Crippen LogP contribution in [0.3, 0.4) is 0 Å². The van der Waals surface area contributed by atoms with Gasteiger partial charge in [0, 0.05) is 20.3 Å². The van der Waals surface area contributed by atoms with Gasteiger partial charge in [-0.25, -0.2) is 0 Å². The topological polar surface area (TPSA) is 62.7 Å². The Hall–Kier alpha value is -1.11. The SMILES string of the molecule is COCOc1cc(Cl)nnc1OCOC. The van der Waals surface area contributed by atoms with Crippen molar-refractivity contribution in [1.29, 1.82) is 0 Å². The third-order valence-corrected chi connectivity index (χ3v) is 1.53. The molecule has 0 spiro atoms. The van der Waals surface area contributed by atoms with Gasteiger partial charge in [-0.3, -0.25) is 0 Å². The van der Waals surface area contributed by atoms with Gasteiger partial charge in [0.2, 0.25) is 0 Å². The maximum Gasteiger partial charge on any atom is 0.278 e. The molecular formula is C8H11ClN2O4. The molecule has 1 aromatic rings. The first kappa shape index (κ1) is 12.0. The fourth-order valence-electron chi connectivity index (χ4n) is 0.782. The first-order valence-corrected chi connectivity index (χ1v) is 4.42. The Morgan fingerprint density at radius 2 is 1.80 bits per heavy atom. The van der Waals surface area contributed by atoms with Crippen LogP contribution in [0.5, 0.6) is 11.6 Å². The molecule has 1 rings (SSSR count). The Balaban J connectivity index is 2.73. The molecule has 0 aliphatic carbocycles. The van der Waals surface area contributed by atoms with Gasteiger partial charge in [-0.2, -0.15) is 0 Å². The molecule has 0 aromatic carbocycles. The highest BCUT2D eigenvalue weighted by Crippen LogP contribution is 2.25. The first-order valence-electron chi connectivity index (χ1n) is 4.04. The highest BCUT2D eigenvalue weighted by molar-refractivity contribution is 6.29. The number of hydrogen-bond donors (Lipinski definition) is 0. The van der Waals surface area contributed by atoms with Crippen molar-refractivity contribution in [3.8, 4) is 11.6 Å². The summed E-state index contributed by atoms with van der Waals surface area (Å²) in [4.78, 5) is 0. The maximum atomic E-state index is 5.65. The molecule has 0 fully saturated rings. The molecule has 0 bridgehead atoms. The molecule has 6 nitrogen and oxygen atoms in total. The molecule has 0 N–H and O–H groups in total. The molecule has 1 aromatic heterocycles. The van der Waals surface area contributed by atoms with Gasteiger partial charge in [0.25, 0.3) is 5.88 Å². The first-order chi connectivity index (χ1) is 7.27. The lowest BCUT2D eigenvalue weighted by Crippen LogP contribution is -2.06. The summed E-state index contributed by atoms with van der Waals surface area (Å²) in [5.41, 5.74) is 0. The molecule has 0 atom stereocenters. The van der Waals surface area contributed by atoms with E-state index in [-0.39, 0.29) is 24.6 Å². The predicted molar refractivity (Wildman–Crippen MR) is 52.1 cm³/mol.